The number of carbonyl (C=O) groups excluding carboxylic acids is 1. The molecule has 2 aromatic rings. The minimum atomic E-state index is -0.648. The standard InChI is InChI=1S/C15H16N2O3/c1-15(2,3)20-14(19)11-8-10(9-17-13(11)18)12-6-4-5-7-16-12/h4-9H,1-3H3,(H,17,18). The second-order valence-electron chi connectivity index (χ2n) is 5.35. The van der Waals surface area contributed by atoms with Gasteiger partial charge in [-0.05, 0) is 39.0 Å². The van der Waals surface area contributed by atoms with E-state index in [9.17, 15) is 9.59 Å². The van der Waals surface area contributed by atoms with E-state index in [2.05, 4.69) is 9.97 Å². The van der Waals surface area contributed by atoms with Crippen LogP contribution in [0.3, 0.4) is 0 Å². The number of esters is 1. The van der Waals surface area contributed by atoms with Crippen molar-refractivity contribution in [2.24, 2.45) is 0 Å². The van der Waals surface area contributed by atoms with Crippen molar-refractivity contribution in [3.63, 3.8) is 0 Å². The number of aromatic amines is 1. The molecule has 0 radical (unpaired) electrons. The smallest absolute Gasteiger partial charge is 0.344 e. The third-order valence-electron chi connectivity index (χ3n) is 2.48. The first kappa shape index (κ1) is 14.0. The van der Waals surface area contributed by atoms with Crippen molar-refractivity contribution in [1.29, 1.82) is 0 Å². The SMILES string of the molecule is CC(C)(C)OC(=O)c1cc(-c2ccccn2)c[nH]c1=O. The number of ether oxygens (including phenoxy) is 1. The van der Waals surface area contributed by atoms with Crippen molar-refractivity contribution in [3.05, 3.63) is 52.6 Å². The monoisotopic (exact) mass is 272 g/mol. The summed E-state index contributed by atoms with van der Waals surface area (Å²) in [7, 11) is 0. The van der Waals surface area contributed by atoms with Crippen molar-refractivity contribution in [2.75, 3.05) is 0 Å². The highest BCUT2D eigenvalue weighted by molar-refractivity contribution is 5.90. The number of rotatable bonds is 2. The lowest BCUT2D eigenvalue weighted by Gasteiger charge is -2.19. The highest BCUT2D eigenvalue weighted by Crippen LogP contribution is 2.16. The van der Waals surface area contributed by atoms with Gasteiger partial charge >= 0.3 is 5.97 Å². The van der Waals surface area contributed by atoms with Crippen LogP contribution in [0.15, 0.2) is 41.5 Å². The molecule has 0 fully saturated rings. The number of nitrogens with zero attached hydrogens (tertiary/aromatic N) is 1. The van der Waals surface area contributed by atoms with E-state index >= 15 is 0 Å². The Morgan fingerprint density at radius 2 is 2.05 bits per heavy atom. The minimum absolute atomic E-state index is 0.0249. The van der Waals surface area contributed by atoms with Crippen LogP contribution < -0.4 is 5.56 Å². The van der Waals surface area contributed by atoms with Crippen LogP contribution in [0.2, 0.25) is 0 Å². The second-order valence-corrected chi connectivity index (χ2v) is 5.35. The first-order valence-electron chi connectivity index (χ1n) is 6.24. The second kappa shape index (κ2) is 5.28. The largest absolute Gasteiger partial charge is 0.456 e. The van der Waals surface area contributed by atoms with E-state index < -0.39 is 17.1 Å². The lowest BCUT2D eigenvalue weighted by Crippen LogP contribution is -2.28. The van der Waals surface area contributed by atoms with E-state index in [1.165, 1.54) is 12.3 Å². The lowest BCUT2D eigenvalue weighted by molar-refractivity contribution is 0.00676. The Morgan fingerprint density at radius 1 is 1.30 bits per heavy atom. The van der Waals surface area contributed by atoms with Gasteiger partial charge in [0.2, 0.25) is 0 Å². The highest BCUT2D eigenvalue weighted by Gasteiger charge is 2.20. The summed E-state index contributed by atoms with van der Waals surface area (Å²) in [5, 5.41) is 0. The fourth-order valence-electron chi connectivity index (χ4n) is 1.65. The van der Waals surface area contributed by atoms with Crippen molar-refractivity contribution in [3.8, 4) is 11.3 Å². The van der Waals surface area contributed by atoms with Crippen molar-refractivity contribution < 1.29 is 9.53 Å². The highest BCUT2D eigenvalue weighted by atomic mass is 16.6. The molecule has 2 rings (SSSR count). The molecule has 0 saturated carbocycles. The summed E-state index contributed by atoms with van der Waals surface area (Å²) < 4.78 is 5.22. The predicted molar refractivity (Wildman–Crippen MR) is 75.5 cm³/mol. The Kier molecular flexibility index (Phi) is 3.70. The van der Waals surface area contributed by atoms with Crippen LogP contribution in [-0.2, 0) is 4.74 Å². The van der Waals surface area contributed by atoms with E-state index in [-0.39, 0.29) is 5.56 Å². The summed E-state index contributed by atoms with van der Waals surface area (Å²) in [4.78, 5) is 30.5. The Balaban J connectivity index is 2.40. The molecule has 0 aliphatic carbocycles. The molecular formula is C15H16N2O3. The van der Waals surface area contributed by atoms with Gasteiger partial charge in [-0.3, -0.25) is 9.78 Å². The summed E-state index contributed by atoms with van der Waals surface area (Å²) in [6.07, 6.45) is 3.17. The quantitative estimate of drug-likeness (QED) is 0.852. The molecular weight excluding hydrogens is 256 g/mol. The third-order valence-corrected chi connectivity index (χ3v) is 2.48. The Bertz CT molecular complexity index is 670. The summed E-state index contributed by atoms with van der Waals surface area (Å²) in [5.41, 5.74) is 0.187. The van der Waals surface area contributed by atoms with Crippen LogP contribution in [0.5, 0.6) is 0 Å². The number of H-pyrrole nitrogens is 1. The zero-order valence-electron chi connectivity index (χ0n) is 11.6. The third kappa shape index (κ3) is 3.32. The first-order chi connectivity index (χ1) is 9.37. The molecule has 0 aromatic carbocycles. The maximum absolute atomic E-state index is 12.0. The number of hydrogen-bond acceptors (Lipinski definition) is 4. The van der Waals surface area contributed by atoms with Gasteiger partial charge < -0.3 is 9.72 Å². The Hall–Kier alpha value is -2.43. The lowest BCUT2D eigenvalue weighted by atomic mass is 10.1. The average Bonchev–Trinajstić information content (AvgIpc) is 2.38. The summed E-state index contributed by atoms with van der Waals surface area (Å²) in [6, 6.07) is 6.92. The van der Waals surface area contributed by atoms with Gasteiger partial charge in [0.25, 0.3) is 5.56 Å². The van der Waals surface area contributed by atoms with Crippen LogP contribution in [0.1, 0.15) is 31.1 Å². The van der Waals surface area contributed by atoms with E-state index in [1.807, 2.05) is 6.07 Å². The molecule has 0 amide bonds. The predicted octanol–water partition coefficient (Wildman–Crippen LogP) is 2.39. The molecule has 0 spiro atoms. The number of hydrogen-bond donors (Lipinski definition) is 1. The molecule has 0 bridgehead atoms. The first-order valence-corrected chi connectivity index (χ1v) is 6.24. The summed E-state index contributed by atoms with van der Waals surface area (Å²) in [6.45, 7) is 5.26. The summed E-state index contributed by atoms with van der Waals surface area (Å²) >= 11 is 0. The van der Waals surface area contributed by atoms with Crippen LogP contribution >= 0.6 is 0 Å². The fourth-order valence-corrected chi connectivity index (χ4v) is 1.65. The van der Waals surface area contributed by atoms with Gasteiger partial charge in [-0.1, -0.05) is 6.07 Å². The van der Waals surface area contributed by atoms with E-state index in [0.717, 1.165) is 0 Å². The average molecular weight is 272 g/mol. The molecule has 5 heteroatoms. The van der Waals surface area contributed by atoms with Gasteiger partial charge in [-0.2, -0.15) is 0 Å². The van der Waals surface area contributed by atoms with Gasteiger partial charge in [-0.15, -0.1) is 0 Å². The fraction of sp³-hybridized carbons (Fsp3) is 0.267. The molecule has 0 unspecified atom stereocenters. The molecule has 2 aromatic heterocycles. The van der Waals surface area contributed by atoms with Crippen LogP contribution in [0, 0.1) is 0 Å². The normalized spacial score (nSPS) is 11.2. The van der Waals surface area contributed by atoms with Crippen LogP contribution in [0.25, 0.3) is 11.3 Å². The molecule has 1 N–H and O–H groups in total. The molecule has 2 heterocycles. The van der Waals surface area contributed by atoms with Crippen LogP contribution in [0.4, 0.5) is 0 Å². The molecule has 104 valence electrons. The van der Waals surface area contributed by atoms with Gasteiger partial charge in [0.15, 0.2) is 0 Å². The van der Waals surface area contributed by atoms with Gasteiger partial charge in [0.1, 0.15) is 11.2 Å². The zero-order chi connectivity index (χ0) is 14.8. The summed E-state index contributed by atoms with van der Waals surface area (Å²) in [5.74, 6) is -0.642. The maximum atomic E-state index is 12.0. The van der Waals surface area contributed by atoms with Gasteiger partial charge in [-0.25, -0.2) is 4.79 Å². The molecule has 0 saturated heterocycles. The number of aromatic nitrogens is 2. The molecule has 0 aliphatic rings. The molecule has 20 heavy (non-hydrogen) atoms. The molecule has 5 nitrogen and oxygen atoms in total. The maximum Gasteiger partial charge on any atom is 0.344 e. The zero-order valence-corrected chi connectivity index (χ0v) is 11.6. The van der Waals surface area contributed by atoms with Crippen molar-refractivity contribution >= 4 is 5.97 Å². The van der Waals surface area contributed by atoms with Gasteiger partial charge in [0.05, 0.1) is 5.69 Å². The number of nitrogens with one attached hydrogen (secondary N) is 1. The van der Waals surface area contributed by atoms with E-state index in [1.54, 1.807) is 39.1 Å². The van der Waals surface area contributed by atoms with Crippen molar-refractivity contribution in [1.82, 2.24) is 9.97 Å². The Labute approximate surface area is 116 Å². The Morgan fingerprint density at radius 3 is 2.65 bits per heavy atom. The van der Waals surface area contributed by atoms with E-state index in [0.29, 0.717) is 11.3 Å². The molecule has 0 atom stereocenters. The number of pyridine rings is 2. The minimum Gasteiger partial charge on any atom is -0.456 e. The van der Waals surface area contributed by atoms with Gasteiger partial charge in [0, 0.05) is 18.0 Å². The topological polar surface area (TPSA) is 72.0 Å². The molecule has 0 aliphatic heterocycles. The van der Waals surface area contributed by atoms with Crippen molar-refractivity contribution in [2.45, 2.75) is 26.4 Å². The van der Waals surface area contributed by atoms with Crippen LogP contribution in [-0.4, -0.2) is 21.5 Å². The number of carbonyl (C=O) groups is 1. The van der Waals surface area contributed by atoms with E-state index in [4.69, 9.17) is 4.74 Å².